The summed E-state index contributed by atoms with van der Waals surface area (Å²) in [6, 6.07) is -1.65. The highest BCUT2D eigenvalue weighted by Crippen LogP contribution is 1.95. The molecule has 5 heteroatoms. The van der Waals surface area contributed by atoms with Crippen molar-refractivity contribution in [2.75, 3.05) is 0 Å². The van der Waals surface area contributed by atoms with Crippen LogP contribution in [0.1, 0.15) is 19.8 Å². The summed E-state index contributed by atoms with van der Waals surface area (Å²) in [5.74, 6) is -1.05. The molecule has 0 aromatic carbocycles. The Balaban J connectivity index is 3.89. The number of hydrogen-bond donors (Lipinski definition) is 3. The van der Waals surface area contributed by atoms with Crippen LogP contribution in [0.15, 0.2) is 0 Å². The summed E-state index contributed by atoms with van der Waals surface area (Å²) in [5, 5.41) is 10.6. The summed E-state index contributed by atoms with van der Waals surface area (Å²) in [4.78, 5) is 20.6. The van der Waals surface area contributed by atoms with Crippen LogP contribution in [0.5, 0.6) is 0 Å². The van der Waals surface area contributed by atoms with E-state index >= 15 is 0 Å². The van der Waals surface area contributed by atoms with Crippen molar-refractivity contribution in [1.29, 1.82) is 0 Å². The Labute approximate surface area is 64.6 Å². The van der Waals surface area contributed by atoms with Gasteiger partial charge >= 0.3 is 12.0 Å². The number of nitrogens with two attached hydrogens (primary N) is 1. The highest BCUT2D eigenvalue weighted by atomic mass is 16.4. The van der Waals surface area contributed by atoms with E-state index in [0.717, 1.165) is 0 Å². The summed E-state index contributed by atoms with van der Waals surface area (Å²) in [6.07, 6.45) is 1.09. The zero-order chi connectivity index (χ0) is 8.85. The summed E-state index contributed by atoms with van der Waals surface area (Å²) in [7, 11) is 0. The first kappa shape index (κ1) is 9.74. The number of carboxylic acid groups (broad SMARTS) is 1. The van der Waals surface area contributed by atoms with Gasteiger partial charge in [0.1, 0.15) is 6.04 Å². The van der Waals surface area contributed by atoms with Crippen LogP contribution in [0.3, 0.4) is 0 Å². The smallest absolute Gasteiger partial charge is 0.326 e. The van der Waals surface area contributed by atoms with Gasteiger partial charge in [-0.1, -0.05) is 13.3 Å². The van der Waals surface area contributed by atoms with Crippen molar-refractivity contribution in [2.24, 2.45) is 5.73 Å². The van der Waals surface area contributed by atoms with E-state index in [-0.39, 0.29) is 0 Å². The Bertz CT molecular complexity index is 158. The Kier molecular flexibility index (Phi) is 4.02. The maximum Gasteiger partial charge on any atom is 0.326 e. The standard InChI is InChI=1S/C6H12N2O3/c1-2-3-4(5(9)10)8-6(7)11/h4H,2-3H2,1H3,(H,9,10)(H3,7,8,11). The van der Waals surface area contributed by atoms with Crippen LogP contribution in [0.2, 0.25) is 0 Å². The third kappa shape index (κ3) is 4.19. The van der Waals surface area contributed by atoms with Crippen molar-refractivity contribution in [1.82, 2.24) is 5.32 Å². The van der Waals surface area contributed by atoms with Gasteiger partial charge in [0.25, 0.3) is 0 Å². The number of rotatable bonds is 4. The Morgan fingerprint density at radius 2 is 2.18 bits per heavy atom. The molecule has 0 aliphatic heterocycles. The summed E-state index contributed by atoms with van der Waals surface area (Å²) < 4.78 is 0. The number of carboxylic acids is 1. The first-order valence-electron chi connectivity index (χ1n) is 3.36. The van der Waals surface area contributed by atoms with Crippen LogP contribution >= 0.6 is 0 Å². The lowest BCUT2D eigenvalue weighted by atomic mass is 10.2. The number of urea groups is 1. The number of carbonyl (C=O) groups excluding carboxylic acids is 1. The Morgan fingerprint density at radius 3 is 2.45 bits per heavy atom. The van der Waals surface area contributed by atoms with Crippen LogP contribution in [0.4, 0.5) is 4.79 Å². The summed E-state index contributed by atoms with van der Waals surface area (Å²) in [6.45, 7) is 1.83. The van der Waals surface area contributed by atoms with Crippen LogP contribution in [-0.4, -0.2) is 23.1 Å². The van der Waals surface area contributed by atoms with E-state index in [9.17, 15) is 9.59 Å². The van der Waals surface area contributed by atoms with Crippen molar-refractivity contribution in [2.45, 2.75) is 25.8 Å². The average Bonchev–Trinajstić information content (AvgIpc) is 1.86. The SMILES string of the molecule is CCCC(NC(N)=O)C(=O)O. The van der Waals surface area contributed by atoms with Crippen molar-refractivity contribution in [3.63, 3.8) is 0 Å². The molecule has 0 bridgehead atoms. The molecule has 0 heterocycles. The molecule has 0 aromatic rings. The third-order valence-corrected chi connectivity index (χ3v) is 1.19. The van der Waals surface area contributed by atoms with Gasteiger partial charge in [-0.15, -0.1) is 0 Å². The molecule has 0 rings (SSSR count). The first-order valence-corrected chi connectivity index (χ1v) is 3.36. The number of nitrogens with one attached hydrogen (secondary N) is 1. The van der Waals surface area contributed by atoms with E-state index in [2.05, 4.69) is 5.32 Å². The fourth-order valence-corrected chi connectivity index (χ4v) is 0.718. The second-order valence-electron chi connectivity index (χ2n) is 2.19. The van der Waals surface area contributed by atoms with Gasteiger partial charge in [0.05, 0.1) is 0 Å². The predicted octanol–water partition coefficient (Wildman–Crippen LogP) is -0.0920. The van der Waals surface area contributed by atoms with Gasteiger partial charge in [0.15, 0.2) is 0 Å². The van der Waals surface area contributed by atoms with Gasteiger partial charge in [-0.3, -0.25) is 0 Å². The van der Waals surface area contributed by atoms with Gasteiger partial charge in [-0.05, 0) is 6.42 Å². The quantitative estimate of drug-likeness (QED) is 0.536. The van der Waals surface area contributed by atoms with Crippen molar-refractivity contribution >= 4 is 12.0 Å². The van der Waals surface area contributed by atoms with Crippen molar-refractivity contribution in [3.05, 3.63) is 0 Å². The number of aliphatic carboxylic acids is 1. The molecule has 0 radical (unpaired) electrons. The number of carbonyl (C=O) groups is 2. The third-order valence-electron chi connectivity index (χ3n) is 1.19. The van der Waals surface area contributed by atoms with Gasteiger partial charge in [0, 0.05) is 0 Å². The molecule has 0 saturated carbocycles. The fraction of sp³-hybridized carbons (Fsp3) is 0.667. The topological polar surface area (TPSA) is 92.4 Å². The molecule has 0 spiro atoms. The van der Waals surface area contributed by atoms with Crippen molar-refractivity contribution in [3.8, 4) is 0 Å². The maximum atomic E-state index is 10.4. The molecule has 0 aliphatic rings. The Morgan fingerprint density at radius 1 is 1.64 bits per heavy atom. The normalized spacial score (nSPS) is 12.1. The number of amides is 2. The molecule has 2 amide bonds. The van der Waals surface area contributed by atoms with Crippen LogP contribution in [0.25, 0.3) is 0 Å². The number of primary amides is 1. The lowest BCUT2D eigenvalue weighted by Crippen LogP contribution is -2.43. The molecule has 0 saturated heterocycles. The minimum atomic E-state index is -1.05. The lowest BCUT2D eigenvalue weighted by Gasteiger charge is -2.10. The second-order valence-corrected chi connectivity index (χ2v) is 2.19. The van der Waals surface area contributed by atoms with Crippen LogP contribution in [-0.2, 0) is 4.79 Å². The Hall–Kier alpha value is -1.26. The van der Waals surface area contributed by atoms with E-state index in [1.807, 2.05) is 6.92 Å². The van der Waals surface area contributed by atoms with E-state index in [1.54, 1.807) is 0 Å². The monoisotopic (exact) mass is 160 g/mol. The number of hydrogen-bond acceptors (Lipinski definition) is 2. The minimum Gasteiger partial charge on any atom is -0.480 e. The maximum absolute atomic E-state index is 10.4. The van der Waals surface area contributed by atoms with Crippen LogP contribution in [0, 0.1) is 0 Å². The fourth-order valence-electron chi connectivity index (χ4n) is 0.718. The highest BCUT2D eigenvalue weighted by molar-refractivity contribution is 5.81. The predicted molar refractivity (Wildman–Crippen MR) is 39.1 cm³/mol. The largest absolute Gasteiger partial charge is 0.480 e. The summed E-state index contributed by atoms with van der Waals surface area (Å²) >= 11 is 0. The first-order chi connectivity index (χ1) is 5.07. The lowest BCUT2D eigenvalue weighted by molar-refractivity contribution is -0.139. The van der Waals surface area contributed by atoms with Crippen LogP contribution < -0.4 is 11.1 Å². The highest BCUT2D eigenvalue weighted by Gasteiger charge is 2.16. The molecule has 1 atom stereocenters. The van der Waals surface area contributed by atoms with Crippen molar-refractivity contribution < 1.29 is 14.7 Å². The second kappa shape index (κ2) is 4.54. The molecule has 5 nitrogen and oxygen atoms in total. The zero-order valence-corrected chi connectivity index (χ0v) is 6.33. The molecule has 11 heavy (non-hydrogen) atoms. The zero-order valence-electron chi connectivity index (χ0n) is 6.33. The molecule has 64 valence electrons. The molecule has 4 N–H and O–H groups in total. The van der Waals surface area contributed by atoms with Gasteiger partial charge in [0.2, 0.25) is 0 Å². The molecule has 0 aliphatic carbocycles. The van der Waals surface area contributed by atoms with E-state index in [4.69, 9.17) is 10.8 Å². The average molecular weight is 160 g/mol. The van der Waals surface area contributed by atoms with E-state index in [1.165, 1.54) is 0 Å². The molecular formula is C6H12N2O3. The van der Waals surface area contributed by atoms with E-state index in [0.29, 0.717) is 12.8 Å². The summed E-state index contributed by atoms with van der Waals surface area (Å²) in [5.41, 5.74) is 4.75. The van der Waals surface area contributed by atoms with E-state index < -0.39 is 18.0 Å². The van der Waals surface area contributed by atoms with Gasteiger partial charge in [-0.25, -0.2) is 9.59 Å². The molecular weight excluding hydrogens is 148 g/mol. The molecule has 1 unspecified atom stereocenters. The minimum absolute atomic E-state index is 0.401. The van der Waals surface area contributed by atoms with Gasteiger partial charge < -0.3 is 16.2 Å². The van der Waals surface area contributed by atoms with Gasteiger partial charge in [-0.2, -0.15) is 0 Å². The molecule has 0 fully saturated rings. The molecule has 0 aromatic heterocycles.